The van der Waals surface area contributed by atoms with Crippen molar-refractivity contribution in [2.75, 3.05) is 18.1 Å². The van der Waals surface area contributed by atoms with E-state index in [0.29, 0.717) is 13.0 Å². The number of rotatable bonds is 8. The van der Waals surface area contributed by atoms with E-state index in [1.165, 1.54) is 18.6 Å². The minimum atomic E-state index is -0.0461. The molecule has 1 atom stereocenters. The molecule has 0 aromatic heterocycles. The van der Waals surface area contributed by atoms with Crippen LogP contribution in [0.25, 0.3) is 0 Å². The van der Waals surface area contributed by atoms with Crippen LogP contribution >= 0.6 is 34.2 Å². The van der Waals surface area contributed by atoms with Crippen LogP contribution in [0.1, 0.15) is 38.5 Å². The summed E-state index contributed by atoms with van der Waals surface area (Å²) in [6.07, 6.45) is 6.15. The number of carbonyl (C=O) groups excluding carboxylic acids is 1. The summed E-state index contributed by atoms with van der Waals surface area (Å²) in [5.41, 5.74) is 0. The lowest BCUT2D eigenvalue weighted by atomic mass is 10.1. The Bertz CT molecular complexity index is 194. The summed E-state index contributed by atoms with van der Waals surface area (Å²) in [4.78, 5) is 11.3. The van der Waals surface area contributed by atoms with Gasteiger partial charge in [-0.2, -0.15) is 12.6 Å². The Kier molecular flexibility index (Phi) is 8.69. The standard InChI is InChI=1S/C11H20O2S3/c12-11(13-7-3-8-14)5-2-1-4-10-6-9-15-16-10/h10,14H,1-9H2. The van der Waals surface area contributed by atoms with E-state index in [-0.39, 0.29) is 5.97 Å². The molecule has 1 rings (SSSR count). The largest absolute Gasteiger partial charge is 0.466 e. The fourth-order valence-electron chi connectivity index (χ4n) is 1.53. The van der Waals surface area contributed by atoms with Gasteiger partial charge in [0, 0.05) is 17.4 Å². The van der Waals surface area contributed by atoms with Crippen LogP contribution in [-0.4, -0.2) is 29.3 Å². The van der Waals surface area contributed by atoms with Gasteiger partial charge >= 0.3 is 5.97 Å². The first-order valence-corrected chi connectivity index (χ1v) is 8.89. The van der Waals surface area contributed by atoms with Gasteiger partial charge in [0.25, 0.3) is 0 Å². The Balaban J connectivity index is 1.87. The smallest absolute Gasteiger partial charge is 0.305 e. The lowest BCUT2D eigenvalue weighted by Crippen LogP contribution is -2.06. The zero-order chi connectivity index (χ0) is 11.6. The minimum absolute atomic E-state index is 0.0461. The van der Waals surface area contributed by atoms with E-state index in [1.807, 2.05) is 21.6 Å². The van der Waals surface area contributed by atoms with Crippen molar-refractivity contribution in [2.24, 2.45) is 0 Å². The average Bonchev–Trinajstić information content (AvgIpc) is 2.78. The van der Waals surface area contributed by atoms with Crippen molar-refractivity contribution in [2.45, 2.75) is 43.8 Å². The second kappa shape index (κ2) is 9.54. The van der Waals surface area contributed by atoms with E-state index in [4.69, 9.17) is 4.74 Å². The zero-order valence-electron chi connectivity index (χ0n) is 9.52. The highest BCUT2D eigenvalue weighted by molar-refractivity contribution is 8.77. The predicted octanol–water partition coefficient (Wildman–Crippen LogP) is 3.56. The second-order valence-electron chi connectivity index (χ2n) is 3.87. The number of ether oxygens (including phenoxy) is 1. The summed E-state index contributed by atoms with van der Waals surface area (Å²) in [6, 6.07) is 0. The summed E-state index contributed by atoms with van der Waals surface area (Å²) in [5, 5.41) is 0.824. The van der Waals surface area contributed by atoms with Crippen LogP contribution < -0.4 is 0 Å². The number of unbranched alkanes of at least 4 members (excludes halogenated alkanes) is 1. The van der Waals surface area contributed by atoms with Crippen LogP contribution in [0.15, 0.2) is 0 Å². The van der Waals surface area contributed by atoms with Gasteiger partial charge in [-0.1, -0.05) is 28.0 Å². The summed E-state index contributed by atoms with van der Waals surface area (Å²) in [5.74, 6) is 2.03. The summed E-state index contributed by atoms with van der Waals surface area (Å²) < 4.78 is 5.06. The Morgan fingerprint density at radius 3 is 2.94 bits per heavy atom. The molecule has 0 saturated carbocycles. The SMILES string of the molecule is O=C(CCCCC1CCSS1)OCCCS. The number of thiol groups is 1. The van der Waals surface area contributed by atoms with E-state index >= 15 is 0 Å². The molecule has 0 bridgehead atoms. The molecule has 1 unspecified atom stereocenters. The topological polar surface area (TPSA) is 26.3 Å². The van der Waals surface area contributed by atoms with Gasteiger partial charge in [-0.15, -0.1) is 0 Å². The molecule has 1 fully saturated rings. The van der Waals surface area contributed by atoms with Gasteiger partial charge in [-0.3, -0.25) is 4.79 Å². The first kappa shape index (κ1) is 14.6. The summed E-state index contributed by atoms with van der Waals surface area (Å²) >= 11 is 4.06. The molecule has 1 aliphatic rings. The van der Waals surface area contributed by atoms with E-state index in [0.717, 1.165) is 30.3 Å². The van der Waals surface area contributed by atoms with Gasteiger partial charge in [-0.25, -0.2) is 0 Å². The molecule has 0 aromatic rings. The highest BCUT2D eigenvalue weighted by Gasteiger charge is 2.15. The Hall–Kier alpha value is 0.520. The molecule has 0 amide bonds. The van der Waals surface area contributed by atoms with Crippen molar-refractivity contribution < 1.29 is 9.53 Å². The summed E-state index contributed by atoms with van der Waals surface area (Å²) in [7, 11) is 3.99. The van der Waals surface area contributed by atoms with E-state index in [9.17, 15) is 4.79 Å². The molecular weight excluding hydrogens is 260 g/mol. The van der Waals surface area contributed by atoms with Crippen molar-refractivity contribution in [1.29, 1.82) is 0 Å². The van der Waals surface area contributed by atoms with Gasteiger partial charge < -0.3 is 4.74 Å². The molecule has 0 N–H and O–H groups in total. The Morgan fingerprint density at radius 1 is 1.38 bits per heavy atom. The lowest BCUT2D eigenvalue weighted by molar-refractivity contribution is -0.143. The van der Waals surface area contributed by atoms with Gasteiger partial charge in [0.2, 0.25) is 0 Å². The lowest BCUT2D eigenvalue weighted by Gasteiger charge is -2.06. The molecule has 1 aliphatic heterocycles. The number of carbonyl (C=O) groups is 1. The highest BCUT2D eigenvalue weighted by atomic mass is 33.1. The average molecular weight is 280 g/mol. The van der Waals surface area contributed by atoms with Crippen LogP contribution in [0.4, 0.5) is 0 Å². The minimum Gasteiger partial charge on any atom is -0.466 e. The van der Waals surface area contributed by atoms with E-state index in [1.54, 1.807) is 0 Å². The molecule has 0 aromatic carbocycles. The maximum atomic E-state index is 11.3. The zero-order valence-corrected chi connectivity index (χ0v) is 12.0. The van der Waals surface area contributed by atoms with Crippen molar-refractivity contribution in [3.05, 3.63) is 0 Å². The van der Waals surface area contributed by atoms with Crippen molar-refractivity contribution in [3.8, 4) is 0 Å². The monoisotopic (exact) mass is 280 g/mol. The first-order valence-electron chi connectivity index (χ1n) is 5.87. The predicted molar refractivity (Wildman–Crippen MR) is 76.4 cm³/mol. The molecule has 2 nitrogen and oxygen atoms in total. The molecule has 94 valence electrons. The molecule has 0 aliphatic carbocycles. The van der Waals surface area contributed by atoms with Crippen LogP contribution in [0, 0.1) is 0 Å². The fraction of sp³-hybridized carbons (Fsp3) is 0.909. The summed E-state index contributed by atoms with van der Waals surface area (Å²) in [6.45, 7) is 0.525. The molecule has 1 saturated heterocycles. The third kappa shape index (κ3) is 6.97. The number of hydrogen-bond donors (Lipinski definition) is 1. The molecule has 1 heterocycles. The van der Waals surface area contributed by atoms with E-state index < -0.39 is 0 Å². The Labute approximate surface area is 111 Å². The van der Waals surface area contributed by atoms with Crippen molar-refractivity contribution >= 4 is 40.2 Å². The van der Waals surface area contributed by atoms with Crippen molar-refractivity contribution in [1.82, 2.24) is 0 Å². The molecule has 5 heteroatoms. The Morgan fingerprint density at radius 2 is 2.25 bits per heavy atom. The first-order chi connectivity index (χ1) is 7.83. The normalized spacial score (nSPS) is 19.9. The highest BCUT2D eigenvalue weighted by Crippen LogP contribution is 2.39. The molecule has 16 heavy (non-hydrogen) atoms. The molecule has 0 radical (unpaired) electrons. The van der Waals surface area contributed by atoms with Gasteiger partial charge in [0.1, 0.15) is 0 Å². The molecule has 0 spiro atoms. The van der Waals surface area contributed by atoms with Gasteiger partial charge in [-0.05, 0) is 31.4 Å². The third-order valence-electron chi connectivity index (χ3n) is 2.45. The van der Waals surface area contributed by atoms with Gasteiger partial charge in [0.15, 0.2) is 0 Å². The number of hydrogen-bond acceptors (Lipinski definition) is 5. The third-order valence-corrected chi connectivity index (χ3v) is 5.77. The molecular formula is C11H20O2S3. The van der Waals surface area contributed by atoms with Crippen LogP contribution in [0.5, 0.6) is 0 Å². The van der Waals surface area contributed by atoms with Crippen LogP contribution in [-0.2, 0) is 9.53 Å². The quantitative estimate of drug-likeness (QED) is 0.318. The van der Waals surface area contributed by atoms with Crippen LogP contribution in [0.2, 0.25) is 0 Å². The van der Waals surface area contributed by atoms with Gasteiger partial charge in [0.05, 0.1) is 6.61 Å². The number of esters is 1. The van der Waals surface area contributed by atoms with Crippen molar-refractivity contribution in [3.63, 3.8) is 0 Å². The maximum absolute atomic E-state index is 11.3. The fourth-order valence-corrected chi connectivity index (χ4v) is 4.69. The maximum Gasteiger partial charge on any atom is 0.305 e. The van der Waals surface area contributed by atoms with Crippen LogP contribution in [0.3, 0.4) is 0 Å². The second-order valence-corrected chi connectivity index (χ2v) is 7.11. The van der Waals surface area contributed by atoms with E-state index in [2.05, 4.69) is 12.6 Å².